The molecule has 0 atom stereocenters. The fourth-order valence-electron chi connectivity index (χ4n) is 2.97. The Bertz CT molecular complexity index is 927. The van der Waals surface area contributed by atoms with Crippen molar-refractivity contribution in [2.75, 3.05) is 43.7 Å². The van der Waals surface area contributed by atoms with E-state index in [0.717, 1.165) is 18.7 Å². The summed E-state index contributed by atoms with van der Waals surface area (Å²) in [6.45, 7) is 1.20. The van der Waals surface area contributed by atoms with Crippen LogP contribution in [0.15, 0.2) is 53.4 Å². The van der Waals surface area contributed by atoms with Crippen LogP contribution in [-0.4, -0.2) is 57.4 Å². The Morgan fingerprint density at radius 3 is 2.57 bits per heavy atom. The van der Waals surface area contributed by atoms with Crippen LogP contribution in [0.4, 0.5) is 5.69 Å². The van der Waals surface area contributed by atoms with E-state index in [4.69, 9.17) is 4.74 Å². The van der Waals surface area contributed by atoms with Crippen molar-refractivity contribution in [3.63, 3.8) is 0 Å². The van der Waals surface area contributed by atoms with Crippen molar-refractivity contribution in [1.29, 1.82) is 0 Å². The molecule has 3 rings (SSSR count). The number of nitrogens with zero attached hydrogens (tertiary/aromatic N) is 2. The maximum absolute atomic E-state index is 12.4. The molecule has 1 heterocycles. The summed E-state index contributed by atoms with van der Waals surface area (Å²) in [5.74, 6) is 1.82. The SMILES string of the molecule is CN(C)S(=O)(=O)c1ccc(OCCSCC(=O)N2CCc3ccccc32)cc1. The molecule has 1 aliphatic rings. The number of anilines is 1. The number of carbonyl (C=O) groups excluding carboxylic acids is 1. The first-order chi connectivity index (χ1) is 13.4. The lowest BCUT2D eigenvalue weighted by Gasteiger charge is -2.17. The van der Waals surface area contributed by atoms with E-state index in [9.17, 15) is 13.2 Å². The van der Waals surface area contributed by atoms with E-state index < -0.39 is 10.0 Å². The molecule has 150 valence electrons. The van der Waals surface area contributed by atoms with Crippen LogP contribution in [0.3, 0.4) is 0 Å². The molecular weight excluding hydrogens is 396 g/mol. The number of sulfonamides is 1. The van der Waals surface area contributed by atoms with Crippen LogP contribution in [0, 0.1) is 0 Å². The van der Waals surface area contributed by atoms with Gasteiger partial charge in [-0.3, -0.25) is 4.79 Å². The zero-order valence-corrected chi connectivity index (χ0v) is 17.6. The largest absolute Gasteiger partial charge is 0.493 e. The number of amides is 1. The van der Waals surface area contributed by atoms with Crippen molar-refractivity contribution in [3.8, 4) is 5.75 Å². The maximum atomic E-state index is 12.4. The predicted molar refractivity (Wildman–Crippen MR) is 113 cm³/mol. The molecule has 0 saturated heterocycles. The van der Waals surface area contributed by atoms with Gasteiger partial charge in [-0.15, -0.1) is 11.8 Å². The van der Waals surface area contributed by atoms with Crippen LogP contribution in [0.2, 0.25) is 0 Å². The van der Waals surface area contributed by atoms with Gasteiger partial charge in [-0.05, 0) is 42.3 Å². The van der Waals surface area contributed by atoms with Crippen LogP contribution in [0.5, 0.6) is 5.75 Å². The molecule has 0 radical (unpaired) electrons. The number of para-hydroxylation sites is 1. The van der Waals surface area contributed by atoms with Gasteiger partial charge in [0.15, 0.2) is 0 Å². The Kier molecular flexibility index (Phi) is 6.64. The zero-order valence-electron chi connectivity index (χ0n) is 16.0. The number of hydrogen-bond acceptors (Lipinski definition) is 5. The standard InChI is InChI=1S/C20H24N2O4S2/c1-21(2)28(24,25)18-9-7-17(8-10-18)26-13-14-27-15-20(23)22-12-11-16-5-3-4-6-19(16)22/h3-10H,11-15H2,1-2H3. The van der Waals surface area contributed by atoms with Crippen LogP contribution in [0.25, 0.3) is 0 Å². The summed E-state index contributed by atoms with van der Waals surface area (Å²) in [4.78, 5) is 14.5. The topological polar surface area (TPSA) is 66.9 Å². The Morgan fingerprint density at radius 2 is 1.86 bits per heavy atom. The monoisotopic (exact) mass is 420 g/mol. The lowest BCUT2D eigenvalue weighted by atomic mass is 10.2. The summed E-state index contributed by atoms with van der Waals surface area (Å²) >= 11 is 1.53. The molecule has 6 nitrogen and oxygen atoms in total. The zero-order chi connectivity index (χ0) is 20.1. The Labute approximate surface area is 170 Å². The molecule has 0 N–H and O–H groups in total. The number of thioether (sulfide) groups is 1. The number of benzene rings is 2. The van der Waals surface area contributed by atoms with Crippen LogP contribution in [0.1, 0.15) is 5.56 Å². The molecule has 0 aromatic heterocycles. The lowest BCUT2D eigenvalue weighted by molar-refractivity contribution is -0.116. The third-order valence-corrected chi connectivity index (χ3v) is 7.25. The van der Waals surface area contributed by atoms with Crippen molar-refractivity contribution in [2.45, 2.75) is 11.3 Å². The van der Waals surface area contributed by atoms with Crippen LogP contribution in [-0.2, 0) is 21.2 Å². The van der Waals surface area contributed by atoms with E-state index in [1.165, 1.54) is 47.9 Å². The minimum Gasteiger partial charge on any atom is -0.493 e. The quantitative estimate of drug-likeness (QED) is 0.614. The first kappa shape index (κ1) is 20.7. The van der Waals surface area contributed by atoms with Gasteiger partial charge in [0, 0.05) is 32.1 Å². The molecule has 0 spiro atoms. The molecule has 0 aliphatic carbocycles. The van der Waals surface area contributed by atoms with Crippen LogP contribution >= 0.6 is 11.8 Å². The minimum atomic E-state index is -3.43. The second-order valence-corrected chi connectivity index (χ2v) is 9.84. The predicted octanol–water partition coefficient (Wildman–Crippen LogP) is 2.64. The lowest BCUT2D eigenvalue weighted by Crippen LogP contribution is -2.30. The average Bonchev–Trinajstić information content (AvgIpc) is 3.12. The Morgan fingerprint density at radius 1 is 1.14 bits per heavy atom. The van der Waals surface area contributed by atoms with Gasteiger partial charge in [-0.2, -0.15) is 0 Å². The molecule has 1 aliphatic heterocycles. The number of carbonyl (C=O) groups is 1. The van der Waals surface area contributed by atoms with Gasteiger partial charge in [-0.1, -0.05) is 18.2 Å². The molecule has 0 saturated carbocycles. The fraction of sp³-hybridized carbons (Fsp3) is 0.350. The van der Waals surface area contributed by atoms with Crippen molar-refractivity contribution in [3.05, 3.63) is 54.1 Å². The van der Waals surface area contributed by atoms with Gasteiger partial charge in [0.05, 0.1) is 17.3 Å². The summed E-state index contributed by atoms with van der Waals surface area (Å²) < 4.78 is 30.9. The molecule has 0 bridgehead atoms. The normalized spacial score (nSPS) is 13.6. The first-order valence-electron chi connectivity index (χ1n) is 9.01. The number of fused-ring (bicyclic) bond motifs is 1. The van der Waals surface area contributed by atoms with E-state index in [0.29, 0.717) is 23.9 Å². The number of ether oxygens (including phenoxy) is 1. The fourth-order valence-corrected chi connectivity index (χ4v) is 4.55. The molecular formula is C20H24N2O4S2. The van der Waals surface area contributed by atoms with Crippen molar-refractivity contribution in [1.82, 2.24) is 4.31 Å². The molecule has 2 aromatic carbocycles. The van der Waals surface area contributed by atoms with Gasteiger partial charge in [0.2, 0.25) is 15.9 Å². The van der Waals surface area contributed by atoms with E-state index >= 15 is 0 Å². The number of hydrogen-bond donors (Lipinski definition) is 0. The van der Waals surface area contributed by atoms with Crippen molar-refractivity contribution in [2.24, 2.45) is 0 Å². The van der Waals surface area contributed by atoms with Gasteiger partial charge in [-0.25, -0.2) is 12.7 Å². The molecule has 0 unspecified atom stereocenters. The van der Waals surface area contributed by atoms with Gasteiger partial charge < -0.3 is 9.64 Å². The first-order valence-corrected chi connectivity index (χ1v) is 11.6. The minimum absolute atomic E-state index is 0.119. The molecule has 28 heavy (non-hydrogen) atoms. The highest BCUT2D eigenvalue weighted by Crippen LogP contribution is 2.28. The number of rotatable bonds is 8. The van der Waals surface area contributed by atoms with E-state index in [2.05, 4.69) is 6.07 Å². The van der Waals surface area contributed by atoms with E-state index in [1.807, 2.05) is 23.1 Å². The molecule has 8 heteroatoms. The Hall–Kier alpha value is -2.03. The second-order valence-electron chi connectivity index (χ2n) is 6.58. The summed E-state index contributed by atoms with van der Waals surface area (Å²) in [6.07, 6.45) is 0.912. The van der Waals surface area contributed by atoms with Crippen molar-refractivity contribution >= 4 is 33.4 Å². The highest BCUT2D eigenvalue weighted by atomic mass is 32.2. The van der Waals surface area contributed by atoms with Crippen LogP contribution < -0.4 is 9.64 Å². The third kappa shape index (κ3) is 4.68. The summed E-state index contributed by atoms with van der Waals surface area (Å²) in [5, 5.41) is 0. The highest BCUT2D eigenvalue weighted by Gasteiger charge is 2.23. The highest BCUT2D eigenvalue weighted by molar-refractivity contribution is 7.99. The maximum Gasteiger partial charge on any atom is 0.242 e. The Balaban J connectivity index is 1.41. The van der Waals surface area contributed by atoms with Gasteiger partial charge in [0.25, 0.3) is 0 Å². The second kappa shape index (κ2) is 8.98. The summed E-state index contributed by atoms with van der Waals surface area (Å²) in [6, 6.07) is 14.4. The van der Waals surface area contributed by atoms with Gasteiger partial charge >= 0.3 is 0 Å². The van der Waals surface area contributed by atoms with E-state index in [-0.39, 0.29) is 10.8 Å². The van der Waals surface area contributed by atoms with E-state index in [1.54, 1.807) is 12.1 Å². The summed E-state index contributed by atoms with van der Waals surface area (Å²) in [7, 11) is -0.432. The summed E-state index contributed by atoms with van der Waals surface area (Å²) in [5.41, 5.74) is 2.25. The molecule has 2 aromatic rings. The smallest absolute Gasteiger partial charge is 0.242 e. The van der Waals surface area contributed by atoms with Crippen molar-refractivity contribution < 1.29 is 17.9 Å². The third-order valence-electron chi connectivity index (χ3n) is 4.51. The van der Waals surface area contributed by atoms with Gasteiger partial charge in [0.1, 0.15) is 5.75 Å². The average molecular weight is 421 g/mol. The molecule has 0 fully saturated rings. The molecule has 1 amide bonds.